The molecule has 2 aromatic rings. The first-order valence-corrected chi connectivity index (χ1v) is 5.41. The Bertz CT molecular complexity index is 550. The first-order chi connectivity index (χ1) is 8.59. The summed E-state index contributed by atoms with van der Waals surface area (Å²) in [7, 11) is 0. The molecule has 0 amide bonds. The van der Waals surface area contributed by atoms with Crippen molar-refractivity contribution in [1.82, 2.24) is 5.27 Å². The molecule has 0 bridgehead atoms. The number of hydrogen-bond donors (Lipinski definition) is 0. The van der Waals surface area contributed by atoms with Crippen LogP contribution in [0.25, 0.3) is 5.69 Å². The molecule has 0 radical (unpaired) electrons. The van der Waals surface area contributed by atoms with Crippen LogP contribution in [0, 0.1) is 0 Å². The molecule has 6 heteroatoms. The molecule has 0 aliphatic carbocycles. The van der Waals surface area contributed by atoms with Crippen molar-refractivity contribution in [2.75, 3.05) is 0 Å². The zero-order valence-corrected chi connectivity index (χ0v) is 9.99. The Labute approximate surface area is 103 Å². The van der Waals surface area contributed by atoms with E-state index in [1.54, 1.807) is 19.1 Å². The molecule has 0 fully saturated rings. The van der Waals surface area contributed by atoms with E-state index >= 15 is 0 Å². The van der Waals surface area contributed by atoms with Crippen LogP contribution in [-0.4, -0.2) is 11.2 Å². The van der Waals surface area contributed by atoms with Crippen LogP contribution in [0.15, 0.2) is 34.9 Å². The monoisotopic (exact) mass is 248 g/mol. The van der Waals surface area contributed by atoms with Gasteiger partial charge in [-0.3, -0.25) is 4.79 Å². The molecule has 6 nitrogen and oxygen atoms in total. The summed E-state index contributed by atoms with van der Waals surface area (Å²) in [6.07, 6.45) is -0.721. The van der Waals surface area contributed by atoms with Gasteiger partial charge in [-0.05, 0) is 11.6 Å². The molecule has 0 N–H and O–H groups in total. The Morgan fingerprint density at radius 1 is 1.44 bits per heavy atom. The minimum absolute atomic E-state index is 0.177. The van der Waals surface area contributed by atoms with Crippen molar-refractivity contribution in [2.45, 2.75) is 20.0 Å². The topological polar surface area (TPSA) is 79.3 Å². The number of hydrogen-bond acceptors (Lipinski definition) is 5. The maximum Gasteiger partial charge on any atom is 0.303 e. The molecule has 94 valence electrons. The molecule has 0 aliphatic heterocycles. The van der Waals surface area contributed by atoms with Gasteiger partial charge in [-0.25, -0.2) is 0 Å². The van der Waals surface area contributed by atoms with E-state index in [1.807, 2.05) is 18.2 Å². The predicted octanol–water partition coefficient (Wildman–Crippen LogP) is 0.649. The SMILES string of the molecule is CC(=O)OC(C)c1c([O-])on[n+]1-c1ccccc1. The van der Waals surface area contributed by atoms with E-state index in [1.165, 1.54) is 11.6 Å². The van der Waals surface area contributed by atoms with E-state index in [9.17, 15) is 9.90 Å². The number of esters is 1. The number of carbonyl (C=O) groups excluding carboxylic acids is 1. The van der Waals surface area contributed by atoms with Crippen molar-refractivity contribution in [3.63, 3.8) is 0 Å². The van der Waals surface area contributed by atoms with Gasteiger partial charge in [0.25, 0.3) is 5.69 Å². The second-order valence-corrected chi connectivity index (χ2v) is 3.74. The van der Waals surface area contributed by atoms with Crippen molar-refractivity contribution >= 4 is 5.97 Å². The fourth-order valence-corrected chi connectivity index (χ4v) is 1.65. The van der Waals surface area contributed by atoms with E-state index in [2.05, 4.69) is 9.79 Å². The van der Waals surface area contributed by atoms with Gasteiger partial charge in [0.05, 0.1) is 5.27 Å². The third-order valence-corrected chi connectivity index (χ3v) is 2.37. The quantitative estimate of drug-likeness (QED) is 0.588. The van der Waals surface area contributed by atoms with Gasteiger partial charge in [0.15, 0.2) is 12.1 Å². The second kappa shape index (κ2) is 4.87. The number of nitrogens with zero attached hydrogens (tertiary/aromatic N) is 2. The Kier molecular flexibility index (Phi) is 3.27. The largest absolute Gasteiger partial charge is 0.539 e. The van der Waals surface area contributed by atoms with Crippen molar-refractivity contribution in [2.24, 2.45) is 0 Å². The number of para-hydroxylation sites is 1. The lowest BCUT2D eigenvalue weighted by Crippen LogP contribution is -2.38. The summed E-state index contributed by atoms with van der Waals surface area (Å²) in [6.45, 7) is 2.87. The van der Waals surface area contributed by atoms with E-state index < -0.39 is 18.0 Å². The van der Waals surface area contributed by atoms with Crippen LogP contribution >= 0.6 is 0 Å². The standard InChI is InChI=1S/C12H12N2O4/c1-8(17-9(2)15)11-12(16)18-13-14(11)10-6-4-3-5-7-10/h3-8H,1-2H3. The molecule has 18 heavy (non-hydrogen) atoms. The average Bonchev–Trinajstić information content (AvgIpc) is 2.71. The summed E-state index contributed by atoms with van der Waals surface area (Å²) < 4.78 is 10.9. The first kappa shape index (κ1) is 12.1. The number of benzene rings is 1. The average molecular weight is 248 g/mol. The molecular formula is C12H12N2O4. The Hall–Kier alpha value is -2.37. The Morgan fingerprint density at radius 3 is 2.72 bits per heavy atom. The normalized spacial score (nSPS) is 12.1. The third-order valence-electron chi connectivity index (χ3n) is 2.37. The molecule has 2 rings (SSSR count). The van der Waals surface area contributed by atoms with Gasteiger partial charge in [-0.2, -0.15) is 0 Å². The smallest absolute Gasteiger partial charge is 0.303 e. The maximum atomic E-state index is 11.6. The molecule has 0 aliphatic rings. The summed E-state index contributed by atoms with van der Waals surface area (Å²) in [4.78, 5) is 10.9. The zero-order valence-electron chi connectivity index (χ0n) is 9.99. The maximum absolute atomic E-state index is 11.6. The highest BCUT2D eigenvalue weighted by molar-refractivity contribution is 5.66. The lowest BCUT2D eigenvalue weighted by Gasteiger charge is -2.08. The van der Waals surface area contributed by atoms with Gasteiger partial charge < -0.3 is 14.4 Å². The number of rotatable bonds is 3. The highest BCUT2D eigenvalue weighted by Gasteiger charge is 2.27. The van der Waals surface area contributed by atoms with Crippen LogP contribution < -0.4 is 9.79 Å². The fraction of sp³-hybridized carbons (Fsp3) is 0.250. The molecule has 1 atom stereocenters. The van der Waals surface area contributed by atoms with Gasteiger partial charge in [0, 0.05) is 19.1 Å². The molecule has 1 heterocycles. The zero-order chi connectivity index (χ0) is 13.1. The minimum atomic E-state index is -0.721. The predicted molar refractivity (Wildman–Crippen MR) is 57.7 cm³/mol. The fourth-order valence-electron chi connectivity index (χ4n) is 1.65. The van der Waals surface area contributed by atoms with Crippen LogP contribution in [0.3, 0.4) is 0 Å². The van der Waals surface area contributed by atoms with Crippen LogP contribution in [-0.2, 0) is 9.53 Å². The number of ether oxygens (including phenoxy) is 1. The number of carbonyl (C=O) groups is 1. The van der Waals surface area contributed by atoms with Gasteiger partial charge >= 0.3 is 5.97 Å². The van der Waals surface area contributed by atoms with Gasteiger partial charge in [0.2, 0.25) is 5.69 Å². The molecule has 0 saturated carbocycles. The lowest BCUT2D eigenvalue weighted by atomic mass is 10.2. The molecular weight excluding hydrogens is 236 g/mol. The van der Waals surface area contributed by atoms with Crippen LogP contribution in [0.2, 0.25) is 0 Å². The lowest BCUT2D eigenvalue weighted by molar-refractivity contribution is -0.680. The summed E-state index contributed by atoms with van der Waals surface area (Å²) >= 11 is 0. The van der Waals surface area contributed by atoms with Crippen molar-refractivity contribution in [1.29, 1.82) is 0 Å². The molecule has 0 spiro atoms. The van der Waals surface area contributed by atoms with Gasteiger partial charge in [0.1, 0.15) is 0 Å². The summed E-state index contributed by atoms with van der Waals surface area (Å²) in [6, 6.07) is 9.00. The molecule has 1 aromatic carbocycles. The van der Waals surface area contributed by atoms with Crippen molar-refractivity contribution in [3.8, 4) is 11.6 Å². The minimum Gasteiger partial charge on any atom is -0.539 e. The van der Waals surface area contributed by atoms with Crippen LogP contribution in [0.4, 0.5) is 0 Å². The van der Waals surface area contributed by atoms with E-state index in [4.69, 9.17) is 4.74 Å². The Morgan fingerprint density at radius 2 is 2.11 bits per heavy atom. The highest BCUT2D eigenvalue weighted by atomic mass is 16.6. The first-order valence-electron chi connectivity index (χ1n) is 5.41. The molecule has 1 aromatic heterocycles. The second-order valence-electron chi connectivity index (χ2n) is 3.74. The van der Waals surface area contributed by atoms with Gasteiger partial charge in [-0.15, -0.1) is 0 Å². The summed E-state index contributed by atoms with van der Waals surface area (Å²) in [5.41, 5.74) is 0.841. The van der Waals surface area contributed by atoms with Crippen molar-refractivity contribution < 1.29 is 23.8 Å². The summed E-state index contributed by atoms with van der Waals surface area (Å²) in [5.74, 6) is -1.09. The highest BCUT2D eigenvalue weighted by Crippen LogP contribution is 2.21. The molecule has 1 unspecified atom stereocenters. The molecule has 0 saturated heterocycles. The van der Waals surface area contributed by atoms with E-state index in [0.717, 1.165) is 0 Å². The summed E-state index contributed by atoms with van der Waals surface area (Å²) in [5, 5.41) is 15.2. The van der Waals surface area contributed by atoms with E-state index in [0.29, 0.717) is 5.69 Å². The number of aromatic nitrogens is 2. The van der Waals surface area contributed by atoms with Gasteiger partial charge in [-0.1, -0.05) is 18.2 Å². The van der Waals surface area contributed by atoms with Crippen molar-refractivity contribution in [3.05, 3.63) is 36.0 Å². The Balaban J connectivity index is 2.42. The third kappa shape index (κ3) is 2.32. The van der Waals surface area contributed by atoms with Crippen LogP contribution in [0.5, 0.6) is 5.95 Å². The van der Waals surface area contributed by atoms with E-state index in [-0.39, 0.29) is 5.69 Å². The van der Waals surface area contributed by atoms with Crippen LogP contribution in [0.1, 0.15) is 25.6 Å².